The first-order valence-corrected chi connectivity index (χ1v) is 3.65. The Labute approximate surface area is 74.1 Å². The van der Waals surface area contributed by atoms with Gasteiger partial charge in [-0.15, -0.1) is 0 Å². The predicted molar refractivity (Wildman–Crippen MR) is 42.4 cm³/mol. The van der Waals surface area contributed by atoms with E-state index in [0.717, 1.165) is 13.0 Å². The summed E-state index contributed by atoms with van der Waals surface area (Å²) in [5, 5.41) is 0. The summed E-state index contributed by atoms with van der Waals surface area (Å²) in [7, 11) is 0. The van der Waals surface area contributed by atoms with E-state index in [9.17, 15) is 13.6 Å². The van der Waals surface area contributed by atoms with Gasteiger partial charge in [-0.05, 0) is 18.6 Å². The van der Waals surface area contributed by atoms with E-state index >= 15 is 0 Å². The fourth-order valence-electron chi connectivity index (χ4n) is 0.962. The molecule has 1 aromatic rings. The molecule has 0 aliphatic rings. The lowest BCUT2D eigenvalue weighted by Gasteiger charge is -2.05. The Balaban J connectivity index is 3.13. The van der Waals surface area contributed by atoms with Crippen molar-refractivity contribution < 1.29 is 18.3 Å². The van der Waals surface area contributed by atoms with Crippen LogP contribution in [0.25, 0.3) is 0 Å². The molecule has 0 spiro atoms. The molecule has 0 atom stereocenters. The minimum atomic E-state index is -0.868. The minimum Gasteiger partial charge on any atom is -0.423 e. The molecule has 0 fully saturated rings. The molecule has 4 heteroatoms. The van der Waals surface area contributed by atoms with E-state index in [1.54, 1.807) is 0 Å². The Morgan fingerprint density at radius 3 is 2.46 bits per heavy atom. The third-order valence-electron chi connectivity index (χ3n) is 1.44. The molecule has 0 saturated carbocycles. The molecule has 0 bridgehead atoms. The summed E-state index contributed by atoms with van der Waals surface area (Å²) in [6, 6.07) is 1.77. The van der Waals surface area contributed by atoms with Crippen LogP contribution < -0.4 is 4.74 Å². The zero-order chi connectivity index (χ0) is 10.0. The lowest BCUT2D eigenvalue weighted by molar-refractivity contribution is -0.132. The van der Waals surface area contributed by atoms with Crippen LogP contribution in [0.15, 0.2) is 12.1 Å². The monoisotopic (exact) mass is 186 g/mol. The van der Waals surface area contributed by atoms with Gasteiger partial charge in [0.15, 0.2) is 11.6 Å². The summed E-state index contributed by atoms with van der Waals surface area (Å²) in [6.45, 7) is 2.62. The van der Waals surface area contributed by atoms with E-state index in [2.05, 4.69) is 4.74 Å². The maximum Gasteiger partial charge on any atom is 0.308 e. The van der Waals surface area contributed by atoms with Gasteiger partial charge in [-0.2, -0.15) is 0 Å². The van der Waals surface area contributed by atoms with E-state index < -0.39 is 17.6 Å². The number of ether oxygens (including phenoxy) is 1. The van der Waals surface area contributed by atoms with E-state index in [1.165, 1.54) is 6.92 Å². The highest BCUT2D eigenvalue weighted by molar-refractivity contribution is 5.69. The Morgan fingerprint density at radius 1 is 1.38 bits per heavy atom. The van der Waals surface area contributed by atoms with Gasteiger partial charge in [0.1, 0.15) is 5.82 Å². The third kappa shape index (κ3) is 2.24. The summed E-state index contributed by atoms with van der Waals surface area (Å²) < 4.78 is 30.1. The van der Waals surface area contributed by atoms with Crippen LogP contribution in [-0.4, -0.2) is 5.97 Å². The number of benzene rings is 1. The summed E-state index contributed by atoms with van der Waals surface area (Å²) >= 11 is 0. The summed E-state index contributed by atoms with van der Waals surface area (Å²) in [5.41, 5.74) is 0.257. The van der Waals surface area contributed by atoms with Gasteiger partial charge in [-0.25, -0.2) is 8.78 Å². The van der Waals surface area contributed by atoms with Gasteiger partial charge in [0.2, 0.25) is 0 Å². The van der Waals surface area contributed by atoms with Crippen molar-refractivity contribution in [3.8, 4) is 5.75 Å². The first kappa shape index (κ1) is 9.64. The predicted octanol–water partition coefficient (Wildman–Crippen LogP) is 2.20. The van der Waals surface area contributed by atoms with Crippen molar-refractivity contribution >= 4 is 5.97 Å². The Hall–Kier alpha value is -1.45. The van der Waals surface area contributed by atoms with Crippen molar-refractivity contribution in [3.05, 3.63) is 29.3 Å². The van der Waals surface area contributed by atoms with Gasteiger partial charge >= 0.3 is 5.97 Å². The molecule has 13 heavy (non-hydrogen) atoms. The number of carbonyl (C=O) groups excluding carboxylic acids is 1. The summed E-state index contributed by atoms with van der Waals surface area (Å²) in [6.07, 6.45) is 0. The topological polar surface area (TPSA) is 26.3 Å². The highest BCUT2D eigenvalue weighted by atomic mass is 19.1. The lowest BCUT2D eigenvalue weighted by Crippen LogP contribution is -2.05. The van der Waals surface area contributed by atoms with Crippen molar-refractivity contribution in [3.63, 3.8) is 0 Å². The molecule has 0 saturated heterocycles. The average Bonchev–Trinajstić information content (AvgIpc) is 1.96. The van der Waals surface area contributed by atoms with Crippen LogP contribution in [0.5, 0.6) is 5.75 Å². The molecule has 0 heterocycles. The van der Waals surface area contributed by atoms with Crippen molar-refractivity contribution in [2.24, 2.45) is 0 Å². The lowest BCUT2D eigenvalue weighted by atomic mass is 10.2. The number of esters is 1. The van der Waals surface area contributed by atoms with E-state index in [0.29, 0.717) is 6.07 Å². The van der Waals surface area contributed by atoms with Gasteiger partial charge < -0.3 is 4.74 Å². The van der Waals surface area contributed by atoms with Crippen LogP contribution in [0.1, 0.15) is 12.5 Å². The molecule has 1 rings (SSSR count). The molecule has 70 valence electrons. The van der Waals surface area contributed by atoms with Crippen LogP contribution in [-0.2, 0) is 4.79 Å². The number of hydrogen-bond donors (Lipinski definition) is 0. The Morgan fingerprint density at radius 2 is 2.00 bits per heavy atom. The molecule has 2 nitrogen and oxygen atoms in total. The number of hydrogen-bond acceptors (Lipinski definition) is 2. The molecular weight excluding hydrogens is 178 g/mol. The van der Waals surface area contributed by atoms with Crippen LogP contribution in [0.2, 0.25) is 0 Å². The van der Waals surface area contributed by atoms with Crippen molar-refractivity contribution in [2.75, 3.05) is 0 Å². The van der Waals surface area contributed by atoms with Crippen molar-refractivity contribution in [1.29, 1.82) is 0 Å². The molecule has 0 amide bonds. The zero-order valence-corrected chi connectivity index (χ0v) is 7.23. The quantitative estimate of drug-likeness (QED) is 0.496. The first-order valence-electron chi connectivity index (χ1n) is 3.65. The molecule has 0 unspecified atom stereocenters. The smallest absolute Gasteiger partial charge is 0.308 e. The molecule has 0 aliphatic carbocycles. The largest absolute Gasteiger partial charge is 0.423 e. The maximum absolute atomic E-state index is 13.0. The standard InChI is InChI=1S/C9H8F2O2/c1-5-3-7(10)4-8(11)9(5)13-6(2)12/h3-4H,1-2H3. The van der Waals surface area contributed by atoms with Gasteiger partial charge in [0, 0.05) is 13.0 Å². The van der Waals surface area contributed by atoms with Crippen LogP contribution in [0.4, 0.5) is 8.78 Å². The Bertz CT molecular complexity index is 324. The van der Waals surface area contributed by atoms with E-state index in [1.807, 2.05) is 0 Å². The van der Waals surface area contributed by atoms with Gasteiger partial charge in [0.05, 0.1) is 0 Å². The number of rotatable bonds is 1. The van der Waals surface area contributed by atoms with E-state index in [-0.39, 0.29) is 11.3 Å². The first-order chi connectivity index (χ1) is 6.00. The highest BCUT2D eigenvalue weighted by Crippen LogP contribution is 2.23. The SMILES string of the molecule is CC(=O)Oc1c(C)cc(F)cc1F. The summed E-state index contributed by atoms with van der Waals surface area (Å²) in [5.74, 6) is -2.40. The van der Waals surface area contributed by atoms with Gasteiger partial charge in [-0.3, -0.25) is 4.79 Å². The number of carbonyl (C=O) groups is 1. The maximum atomic E-state index is 13.0. The number of halogens is 2. The second kappa shape index (κ2) is 3.51. The fourth-order valence-corrected chi connectivity index (χ4v) is 0.962. The third-order valence-corrected chi connectivity index (χ3v) is 1.44. The molecule has 0 N–H and O–H groups in total. The van der Waals surface area contributed by atoms with Gasteiger partial charge in [-0.1, -0.05) is 0 Å². The van der Waals surface area contributed by atoms with Crippen LogP contribution >= 0.6 is 0 Å². The molecule has 1 aromatic carbocycles. The normalized spacial score (nSPS) is 9.85. The van der Waals surface area contributed by atoms with Crippen LogP contribution in [0.3, 0.4) is 0 Å². The molecule has 0 aromatic heterocycles. The van der Waals surface area contributed by atoms with Crippen molar-refractivity contribution in [1.82, 2.24) is 0 Å². The zero-order valence-electron chi connectivity index (χ0n) is 7.23. The fraction of sp³-hybridized carbons (Fsp3) is 0.222. The Kier molecular flexibility index (Phi) is 2.60. The van der Waals surface area contributed by atoms with E-state index in [4.69, 9.17) is 0 Å². The minimum absolute atomic E-state index is 0.214. The van der Waals surface area contributed by atoms with Gasteiger partial charge in [0.25, 0.3) is 0 Å². The highest BCUT2D eigenvalue weighted by Gasteiger charge is 2.11. The van der Waals surface area contributed by atoms with Crippen LogP contribution in [0, 0.1) is 18.6 Å². The summed E-state index contributed by atoms with van der Waals surface area (Å²) in [4.78, 5) is 10.5. The molecular formula is C9H8F2O2. The molecule has 0 radical (unpaired) electrons. The number of aryl methyl sites for hydroxylation is 1. The molecule has 0 aliphatic heterocycles. The van der Waals surface area contributed by atoms with Crippen molar-refractivity contribution in [2.45, 2.75) is 13.8 Å². The second-order valence-electron chi connectivity index (χ2n) is 2.63. The average molecular weight is 186 g/mol. The second-order valence-corrected chi connectivity index (χ2v) is 2.63.